The van der Waals surface area contributed by atoms with Crippen LogP contribution in [-0.4, -0.2) is 46.4 Å². The number of anilines is 1. The van der Waals surface area contributed by atoms with E-state index in [0.717, 1.165) is 12.2 Å². The zero-order chi connectivity index (χ0) is 23.0. The van der Waals surface area contributed by atoms with Gasteiger partial charge in [0.1, 0.15) is 17.4 Å². The topological polar surface area (TPSA) is 71.1 Å². The first kappa shape index (κ1) is 23.3. The summed E-state index contributed by atoms with van der Waals surface area (Å²) in [6, 6.07) is 5.60. The molecule has 2 heterocycles. The van der Waals surface area contributed by atoms with Crippen LogP contribution in [0.4, 0.5) is 15.3 Å². The zero-order valence-corrected chi connectivity index (χ0v) is 19.8. The summed E-state index contributed by atoms with van der Waals surface area (Å²) in [7, 11) is 0. The number of hydrazine groups is 1. The monoisotopic (exact) mass is 449 g/mol. The Balaban J connectivity index is 2.02. The number of hydrogen-bond donors (Lipinski definition) is 1. The fraction of sp³-hybridized carbons (Fsp3) is 0.565. The van der Waals surface area contributed by atoms with E-state index in [0.29, 0.717) is 23.7 Å². The van der Waals surface area contributed by atoms with Crippen molar-refractivity contribution in [3.8, 4) is 0 Å². The Hall–Kier alpha value is -2.41. The molecule has 1 fully saturated rings. The van der Waals surface area contributed by atoms with Gasteiger partial charge in [0.15, 0.2) is 0 Å². The highest BCUT2D eigenvalue weighted by Crippen LogP contribution is 2.38. The summed E-state index contributed by atoms with van der Waals surface area (Å²) in [6.07, 6.45) is 2.87. The minimum absolute atomic E-state index is 0.367. The Kier molecular flexibility index (Phi) is 6.46. The first-order chi connectivity index (χ1) is 14.4. The first-order valence-electron chi connectivity index (χ1n) is 10.6. The molecule has 2 aliphatic rings. The number of carbonyl (C=O) groups is 2. The van der Waals surface area contributed by atoms with Crippen molar-refractivity contribution in [2.75, 3.05) is 11.9 Å². The standard InChI is InChI=1S/C23H32ClN3O4/c1-22(2,3)19-14-18-17(8-7-13-30-18)26(27(19)21(29)31-23(4,5)6)20(28)25-16-11-9-15(24)10-12-16/h9-12,14,17,19H,7-8,13H2,1-6H3,(H,25,28)/t17-,19-/m1/s1. The van der Waals surface area contributed by atoms with E-state index in [1.165, 1.54) is 10.0 Å². The number of rotatable bonds is 1. The lowest BCUT2D eigenvalue weighted by Gasteiger charge is -2.51. The van der Waals surface area contributed by atoms with Crippen LogP contribution < -0.4 is 5.32 Å². The van der Waals surface area contributed by atoms with Gasteiger partial charge in [0.25, 0.3) is 0 Å². The predicted octanol–water partition coefficient (Wildman–Crippen LogP) is 5.82. The van der Waals surface area contributed by atoms with Crippen LogP contribution in [0.3, 0.4) is 0 Å². The molecule has 1 N–H and O–H groups in total. The number of halogens is 1. The van der Waals surface area contributed by atoms with Gasteiger partial charge >= 0.3 is 12.1 Å². The molecule has 3 rings (SSSR count). The van der Waals surface area contributed by atoms with Crippen molar-refractivity contribution >= 4 is 29.4 Å². The van der Waals surface area contributed by atoms with Crippen molar-refractivity contribution < 1.29 is 19.1 Å². The number of ether oxygens (including phenoxy) is 2. The lowest BCUT2D eigenvalue weighted by molar-refractivity contribution is -0.0952. The molecule has 31 heavy (non-hydrogen) atoms. The van der Waals surface area contributed by atoms with Crippen molar-refractivity contribution in [1.82, 2.24) is 10.0 Å². The molecule has 8 heteroatoms. The van der Waals surface area contributed by atoms with Gasteiger partial charge in [0, 0.05) is 10.7 Å². The summed E-state index contributed by atoms with van der Waals surface area (Å²) in [5, 5.41) is 6.37. The quantitative estimate of drug-likeness (QED) is 0.586. The molecule has 2 aliphatic heterocycles. The number of nitrogens with zero attached hydrogens (tertiary/aromatic N) is 2. The van der Waals surface area contributed by atoms with Gasteiger partial charge in [0.05, 0.1) is 12.6 Å². The second-order valence-corrected chi connectivity index (χ2v) is 10.4. The Morgan fingerprint density at radius 3 is 2.32 bits per heavy atom. The molecule has 0 aromatic heterocycles. The largest absolute Gasteiger partial charge is 0.496 e. The van der Waals surface area contributed by atoms with E-state index in [1.54, 1.807) is 24.3 Å². The SMILES string of the molecule is CC(C)(C)OC(=O)N1[C@@H](C(C)(C)C)C=C2OCCC[C@H]2N1C(=O)Nc1ccc(Cl)cc1. The minimum atomic E-state index is -0.703. The maximum absolute atomic E-state index is 13.5. The Bertz CT molecular complexity index is 855. The molecular weight excluding hydrogens is 418 g/mol. The van der Waals surface area contributed by atoms with Crippen molar-refractivity contribution in [3.05, 3.63) is 41.1 Å². The predicted molar refractivity (Wildman–Crippen MR) is 121 cm³/mol. The molecule has 1 aromatic rings. The van der Waals surface area contributed by atoms with Crippen LogP contribution in [0.15, 0.2) is 36.1 Å². The number of urea groups is 1. The van der Waals surface area contributed by atoms with Crippen molar-refractivity contribution in [2.24, 2.45) is 5.41 Å². The van der Waals surface area contributed by atoms with Crippen molar-refractivity contribution in [2.45, 2.75) is 72.1 Å². The molecule has 3 amide bonds. The summed E-state index contributed by atoms with van der Waals surface area (Å²) in [5.74, 6) is 0.720. The lowest BCUT2D eigenvalue weighted by atomic mass is 9.83. The van der Waals surface area contributed by atoms with E-state index >= 15 is 0 Å². The van der Waals surface area contributed by atoms with Gasteiger partial charge in [0.2, 0.25) is 0 Å². The molecule has 1 aromatic carbocycles. The average molecular weight is 450 g/mol. The van der Waals surface area contributed by atoms with E-state index < -0.39 is 23.8 Å². The van der Waals surface area contributed by atoms with Crippen molar-refractivity contribution in [3.63, 3.8) is 0 Å². The molecule has 0 aliphatic carbocycles. The van der Waals surface area contributed by atoms with Gasteiger partial charge in [-0.1, -0.05) is 32.4 Å². The zero-order valence-electron chi connectivity index (χ0n) is 19.1. The number of nitrogens with one attached hydrogen (secondary N) is 1. The average Bonchev–Trinajstić information content (AvgIpc) is 2.66. The normalized spacial score (nSPS) is 21.6. The third-order valence-corrected chi connectivity index (χ3v) is 5.36. The van der Waals surface area contributed by atoms with Gasteiger partial charge in [-0.25, -0.2) is 19.6 Å². The lowest BCUT2D eigenvalue weighted by Crippen LogP contribution is -2.65. The number of carbonyl (C=O) groups excluding carboxylic acids is 2. The summed E-state index contributed by atoms with van der Waals surface area (Å²) < 4.78 is 11.6. The van der Waals surface area contributed by atoms with Gasteiger partial charge in [-0.15, -0.1) is 0 Å². The van der Waals surface area contributed by atoms with Crippen molar-refractivity contribution in [1.29, 1.82) is 0 Å². The van der Waals surface area contributed by atoms with Gasteiger partial charge in [-0.2, -0.15) is 0 Å². The van der Waals surface area contributed by atoms with Gasteiger partial charge in [-0.05, 0) is 69.4 Å². The highest BCUT2D eigenvalue weighted by atomic mass is 35.5. The van der Waals surface area contributed by atoms with Crippen LogP contribution >= 0.6 is 11.6 Å². The van der Waals surface area contributed by atoms with Crippen LogP contribution in [-0.2, 0) is 9.47 Å². The fourth-order valence-electron chi connectivity index (χ4n) is 3.70. The molecule has 0 spiro atoms. The maximum Gasteiger partial charge on any atom is 0.430 e. The molecular formula is C23H32ClN3O4. The van der Waals surface area contributed by atoms with E-state index in [1.807, 2.05) is 47.6 Å². The van der Waals surface area contributed by atoms with E-state index in [2.05, 4.69) is 5.32 Å². The molecule has 2 atom stereocenters. The first-order valence-corrected chi connectivity index (χ1v) is 11.0. The second kappa shape index (κ2) is 8.61. The highest BCUT2D eigenvalue weighted by Gasteiger charge is 2.48. The summed E-state index contributed by atoms with van der Waals surface area (Å²) >= 11 is 5.97. The Labute approximate surface area is 189 Å². The van der Waals surface area contributed by atoms with Gasteiger partial charge < -0.3 is 14.8 Å². The molecule has 170 valence electrons. The highest BCUT2D eigenvalue weighted by molar-refractivity contribution is 6.30. The fourth-order valence-corrected chi connectivity index (χ4v) is 3.82. The van der Waals surface area contributed by atoms with E-state index in [4.69, 9.17) is 21.1 Å². The van der Waals surface area contributed by atoms with Crippen LogP contribution in [0.25, 0.3) is 0 Å². The van der Waals surface area contributed by atoms with Crippen LogP contribution in [0.2, 0.25) is 5.02 Å². The van der Waals surface area contributed by atoms with Gasteiger partial charge in [-0.3, -0.25) is 0 Å². The third kappa shape index (κ3) is 5.45. The number of fused-ring (bicyclic) bond motifs is 1. The van der Waals surface area contributed by atoms with Crippen LogP contribution in [0.5, 0.6) is 0 Å². The maximum atomic E-state index is 13.5. The molecule has 0 saturated carbocycles. The summed E-state index contributed by atoms with van der Waals surface area (Å²) in [6.45, 7) is 12.1. The van der Waals surface area contributed by atoms with Crippen LogP contribution in [0.1, 0.15) is 54.4 Å². The minimum Gasteiger partial charge on any atom is -0.496 e. The Morgan fingerprint density at radius 1 is 1.10 bits per heavy atom. The molecule has 1 saturated heterocycles. The second-order valence-electron chi connectivity index (χ2n) is 9.99. The van der Waals surface area contributed by atoms with E-state index in [-0.39, 0.29) is 11.5 Å². The van der Waals surface area contributed by atoms with E-state index in [9.17, 15) is 9.59 Å². The number of hydrogen-bond acceptors (Lipinski definition) is 4. The smallest absolute Gasteiger partial charge is 0.430 e. The Morgan fingerprint density at radius 2 is 1.74 bits per heavy atom. The molecule has 0 bridgehead atoms. The summed E-state index contributed by atoms with van der Waals surface area (Å²) in [5.41, 5.74) is -0.488. The number of benzene rings is 1. The molecule has 7 nitrogen and oxygen atoms in total. The summed E-state index contributed by atoms with van der Waals surface area (Å²) in [4.78, 5) is 26.9. The molecule has 0 radical (unpaired) electrons. The van der Waals surface area contributed by atoms with Crippen LogP contribution in [0, 0.1) is 5.41 Å². The molecule has 0 unspecified atom stereocenters. The third-order valence-electron chi connectivity index (χ3n) is 5.10. The number of amides is 3.